The molecule has 1 N–H and O–H groups in total. The highest BCUT2D eigenvalue weighted by Crippen LogP contribution is 2.36. The van der Waals surface area contributed by atoms with E-state index in [4.69, 9.17) is 4.52 Å². The highest BCUT2D eigenvalue weighted by molar-refractivity contribution is 7.18. The first kappa shape index (κ1) is 22.7. The number of aromatic hydroxyl groups is 1. The normalized spacial score (nSPS) is 11.2. The third-order valence-corrected chi connectivity index (χ3v) is 6.89. The van der Waals surface area contributed by atoms with Crippen molar-refractivity contribution in [3.63, 3.8) is 0 Å². The summed E-state index contributed by atoms with van der Waals surface area (Å²) < 4.78 is 21.1. The number of hydrogen-bond acceptors (Lipinski definition) is 6. The van der Waals surface area contributed by atoms with Crippen LogP contribution in [0.25, 0.3) is 32.5 Å². The number of aryl methyl sites for hydroxylation is 3. The van der Waals surface area contributed by atoms with E-state index in [9.17, 15) is 14.3 Å². The Hall–Kier alpha value is -4.04. The predicted molar refractivity (Wildman–Crippen MR) is 134 cm³/mol. The topological polar surface area (TPSA) is 81.2 Å². The van der Waals surface area contributed by atoms with Crippen molar-refractivity contribution in [3.8, 4) is 38.2 Å². The van der Waals surface area contributed by atoms with Crippen molar-refractivity contribution in [1.29, 1.82) is 0 Å². The van der Waals surface area contributed by atoms with Crippen LogP contribution in [0.2, 0.25) is 0 Å². The van der Waals surface area contributed by atoms with E-state index in [2.05, 4.69) is 10.1 Å². The van der Waals surface area contributed by atoms with Gasteiger partial charge in [-0.05, 0) is 50.1 Å². The van der Waals surface area contributed by atoms with Gasteiger partial charge in [0.05, 0.1) is 27.4 Å². The first-order valence-corrected chi connectivity index (χ1v) is 11.9. The van der Waals surface area contributed by atoms with Crippen molar-refractivity contribution in [2.45, 2.75) is 26.8 Å². The molecule has 0 unspecified atom stereocenters. The molecule has 0 atom stereocenters. The number of thiophene rings is 1. The maximum absolute atomic E-state index is 14.2. The lowest BCUT2D eigenvalue weighted by atomic mass is 10.1. The summed E-state index contributed by atoms with van der Waals surface area (Å²) in [6.07, 6.45) is 0.570. The molecule has 0 aliphatic carbocycles. The lowest BCUT2D eigenvalue weighted by molar-refractivity contribution is 0.428. The molecule has 2 aromatic carbocycles. The molecule has 0 aliphatic heterocycles. The third-order valence-electron chi connectivity index (χ3n) is 5.77. The molecule has 0 radical (unpaired) electrons. The van der Waals surface area contributed by atoms with E-state index < -0.39 is 11.6 Å². The van der Waals surface area contributed by atoms with E-state index in [1.54, 1.807) is 13.0 Å². The van der Waals surface area contributed by atoms with Gasteiger partial charge in [0, 0.05) is 17.5 Å². The Morgan fingerprint density at radius 2 is 1.80 bits per heavy atom. The molecule has 0 spiro atoms. The largest absolute Gasteiger partial charge is 0.504 e. The number of nitrogens with zero attached hydrogens (tertiary/aromatic N) is 3. The van der Waals surface area contributed by atoms with Crippen molar-refractivity contribution >= 4 is 11.3 Å². The van der Waals surface area contributed by atoms with Crippen LogP contribution < -0.4 is 5.56 Å². The van der Waals surface area contributed by atoms with Gasteiger partial charge in [-0.3, -0.25) is 9.36 Å². The summed E-state index contributed by atoms with van der Waals surface area (Å²) in [6, 6.07) is 19.6. The minimum Gasteiger partial charge on any atom is -0.504 e. The lowest BCUT2D eigenvalue weighted by Gasteiger charge is -2.16. The van der Waals surface area contributed by atoms with Crippen molar-refractivity contribution in [1.82, 2.24) is 14.7 Å². The highest BCUT2D eigenvalue weighted by atomic mass is 32.1. The Morgan fingerprint density at radius 3 is 2.54 bits per heavy atom. The first-order valence-electron chi connectivity index (χ1n) is 11.1. The molecule has 176 valence electrons. The molecule has 0 saturated heterocycles. The zero-order valence-corrected chi connectivity index (χ0v) is 20.0. The minimum atomic E-state index is -0.765. The summed E-state index contributed by atoms with van der Waals surface area (Å²) in [6.45, 7) is 3.91. The summed E-state index contributed by atoms with van der Waals surface area (Å²) in [5.41, 5.74) is 2.70. The molecular weight excluding hydrogens is 465 g/mol. The second kappa shape index (κ2) is 9.31. The van der Waals surface area contributed by atoms with Gasteiger partial charge in [-0.2, -0.15) is 0 Å². The van der Waals surface area contributed by atoms with Crippen LogP contribution in [-0.2, 0) is 13.0 Å². The first-order chi connectivity index (χ1) is 16.9. The van der Waals surface area contributed by atoms with Crippen LogP contribution in [-0.4, -0.2) is 19.8 Å². The Balaban J connectivity index is 1.65. The number of benzene rings is 2. The summed E-state index contributed by atoms with van der Waals surface area (Å²) in [7, 11) is 0. The Labute approximate surface area is 204 Å². The van der Waals surface area contributed by atoms with Crippen LogP contribution in [0.3, 0.4) is 0 Å². The van der Waals surface area contributed by atoms with E-state index in [1.807, 2.05) is 55.5 Å². The molecule has 6 nitrogen and oxygen atoms in total. The molecule has 0 amide bonds. The van der Waals surface area contributed by atoms with Crippen molar-refractivity contribution in [3.05, 3.63) is 99.9 Å². The fourth-order valence-corrected chi connectivity index (χ4v) is 5.07. The summed E-state index contributed by atoms with van der Waals surface area (Å²) in [5.74, 6) is -0.431. The van der Waals surface area contributed by atoms with Gasteiger partial charge in [0.15, 0.2) is 17.3 Å². The van der Waals surface area contributed by atoms with Crippen LogP contribution >= 0.6 is 11.3 Å². The van der Waals surface area contributed by atoms with Gasteiger partial charge in [0.1, 0.15) is 5.82 Å². The maximum atomic E-state index is 14.2. The number of phenolic OH excluding ortho intramolecular Hbond substituents is 1. The standard InChI is InChI=1S/C27H22FN3O3S/c1-16-15-21(34-30-16)22-11-12-23(35-22)24-17(2)29-26(19-9-6-10-20(28)25(19)32)31(27(24)33)14-13-18-7-4-3-5-8-18/h3-12,15,32H,13-14H2,1-2H3. The van der Waals surface area contributed by atoms with Gasteiger partial charge in [0.2, 0.25) is 0 Å². The van der Waals surface area contributed by atoms with Gasteiger partial charge < -0.3 is 9.63 Å². The van der Waals surface area contributed by atoms with Gasteiger partial charge >= 0.3 is 0 Å². The second-order valence-corrected chi connectivity index (χ2v) is 9.30. The fraction of sp³-hybridized carbons (Fsp3) is 0.148. The number of aromatic nitrogens is 3. The zero-order valence-electron chi connectivity index (χ0n) is 19.2. The number of hydrogen-bond donors (Lipinski definition) is 1. The Bertz CT molecular complexity index is 1570. The van der Waals surface area contributed by atoms with E-state index in [0.717, 1.165) is 21.0 Å². The Kier molecular flexibility index (Phi) is 6.05. The maximum Gasteiger partial charge on any atom is 0.262 e. The van der Waals surface area contributed by atoms with Crippen molar-refractivity contribution in [2.24, 2.45) is 0 Å². The fourth-order valence-electron chi connectivity index (χ4n) is 4.02. The number of rotatable bonds is 6. The van der Waals surface area contributed by atoms with Gasteiger partial charge in [-0.15, -0.1) is 11.3 Å². The molecule has 3 heterocycles. The predicted octanol–water partition coefficient (Wildman–Crippen LogP) is 6.00. The molecule has 8 heteroatoms. The van der Waals surface area contributed by atoms with E-state index in [1.165, 1.54) is 28.0 Å². The van der Waals surface area contributed by atoms with Crippen molar-refractivity contribution < 1.29 is 14.0 Å². The Morgan fingerprint density at radius 1 is 1.03 bits per heavy atom. The molecular formula is C27H22FN3O3S. The molecule has 5 rings (SSSR count). The van der Waals surface area contributed by atoms with Crippen LogP contribution in [0.15, 0.2) is 76.0 Å². The SMILES string of the molecule is Cc1cc(-c2ccc(-c3c(C)nc(-c4cccc(F)c4O)n(CCc4ccccc4)c3=O)s2)on1. The highest BCUT2D eigenvalue weighted by Gasteiger charge is 2.21. The average Bonchev–Trinajstić information content (AvgIpc) is 3.50. The third kappa shape index (κ3) is 4.40. The van der Waals surface area contributed by atoms with E-state index in [-0.39, 0.29) is 16.9 Å². The van der Waals surface area contributed by atoms with E-state index in [0.29, 0.717) is 30.0 Å². The smallest absolute Gasteiger partial charge is 0.262 e. The van der Waals surface area contributed by atoms with Gasteiger partial charge in [-0.1, -0.05) is 41.6 Å². The minimum absolute atomic E-state index is 0.175. The van der Waals surface area contributed by atoms with Crippen LogP contribution in [0.1, 0.15) is 17.0 Å². The van der Waals surface area contributed by atoms with E-state index >= 15 is 0 Å². The van der Waals surface area contributed by atoms with Crippen molar-refractivity contribution in [2.75, 3.05) is 0 Å². The van der Waals surface area contributed by atoms with Gasteiger partial charge in [-0.25, -0.2) is 9.37 Å². The lowest BCUT2D eigenvalue weighted by Crippen LogP contribution is -2.27. The summed E-state index contributed by atoms with van der Waals surface area (Å²) in [4.78, 5) is 20.2. The van der Waals surface area contributed by atoms with Crippen LogP contribution in [0.4, 0.5) is 4.39 Å². The van der Waals surface area contributed by atoms with Gasteiger partial charge in [0.25, 0.3) is 5.56 Å². The van der Waals surface area contributed by atoms with Crippen LogP contribution in [0, 0.1) is 19.7 Å². The monoisotopic (exact) mass is 487 g/mol. The molecule has 3 aromatic heterocycles. The molecule has 0 aliphatic rings. The summed E-state index contributed by atoms with van der Waals surface area (Å²) in [5, 5.41) is 14.4. The molecule has 5 aromatic rings. The summed E-state index contributed by atoms with van der Waals surface area (Å²) >= 11 is 1.41. The molecule has 0 fully saturated rings. The number of halogens is 1. The average molecular weight is 488 g/mol. The number of para-hydroxylation sites is 1. The quantitative estimate of drug-likeness (QED) is 0.318. The molecule has 0 saturated carbocycles. The second-order valence-electron chi connectivity index (χ2n) is 8.22. The number of phenols is 1. The zero-order chi connectivity index (χ0) is 24.5. The van der Waals surface area contributed by atoms with Crippen LogP contribution in [0.5, 0.6) is 5.75 Å². The molecule has 0 bridgehead atoms. The molecule has 35 heavy (non-hydrogen) atoms.